The number of aliphatic hydroxyl groups is 1. The second-order valence-electron chi connectivity index (χ2n) is 7.53. The molecule has 3 N–H and O–H groups in total. The number of anilines is 2. The van der Waals surface area contributed by atoms with E-state index in [1.807, 2.05) is 42.5 Å². The van der Waals surface area contributed by atoms with Gasteiger partial charge in [0.1, 0.15) is 11.4 Å². The van der Waals surface area contributed by atoms with Crippen LogP contribution in [0.25, 0.3) is 11.3 Å². The zero-order valence-corrected chi connectivity index (χ0v) is 16.6. The average Bonchev–Trinajstić information content (AvgIpc) is 3.17. The number of aromatic nitrogens is 3. The normalized spacial score (nSPS) is 18.7. The third kappa shape index (κ3) is 5.29. The molecule has 9 heteroatoms. The molecule has 1 saturated carbocycles. The van der Waals surface area contributed by atoms with Crippen molar-refractivity contribution in [1.29, 1.82) is 0 Å². The topological polar surface area (TPSA) is 83.0 Å². The van der Waals surface area contributed by atoms with Crippen LogP contribution in [0.15, 0.2) is 54.9 Å². The van der Waals surface area contributed by atoms with Crippen LogP contribution in [0, 0.1) is 0 Å². The molecule has 0 unspecified atom stereocenters. The highest BCUT2D eigenvalue weighted by atomic mass is 19.4. The molecule has 2 aromatic heterocycles. The van der Waals surface area contributed by atoms with E-state index in [0.29, 0.717) is 25.8 Å². The first-order valence-corrected chi connectivity index (χ1v) is 10.0. The molecule has 0 saturated heterocycles. The minimum Gasteiger partial charge on any atom is -0.393 e. The van der Waals surface area contributed by atoms with Crippen molar-refractivity contribution in [3.8, 4) is 11.3 Å². The van der Waals surface area contributed by atoms with Crippen LogP contribution in [0.4, 0.5) is 24.9 Å². The molecule has 4 rings (SSSR count). The van der Waals surface area contributed by atoms with E-state index in [4.69, 9.17) is 0 Å². The van der Waals surface area contributed by atoms with Gasteiger partial charge in [-0.25, -0.2) is 4.98 Å². The lowest BCUT2D eigenvalue weighted by Gasteiger charge is -2.18. The lowest BCUT2D eigenvalue weighted by Crippen LogP contribution is -2.22. The maximum atomic E-state index is 13.4. The summed E-state index contributed by atoms with van der Waals surface area (Å²) in [6.45, 7) is 0.357. The van der Waals surface area contributed by atoms with Gasteiger partial charge < -0.3 is 15.7 Å². The third-order valence-electron chi connectivity index (χ3n) is 5.21. The number of alkyl halides is 3. The molecule has 162 valence electrons. The van der Waals surface area contributed by atoms with Crippen LogP contribution >= 0.6 is 0 Å². The number of aliphatic hydroxyl groups excluding tert-OH is 1. The minimum absolute atomic E-state index is 0.0999. The highest BCUT2D eigenvalue weighted by molar-refractivity contribution is 5.59. The van der Waals surface area contributed by atoms with Crippen LogP contribution in [-0.4, -0.2) is 32.2 Å². The molecule has 6 nitrogen and oxygen atoms in total. The Kier molecular flexibility index (Phi) is 6.03. The predicted molar refractivity (Wildman–Crippen MR) is 111 cm³/mol. The van der Waals surface area contributed by atoms with Crippen molar-refractivity contribution in [2.75, 3.05) is 10.6 Å². The van der Waals surface area contributed by atoms with E-state index in [0.717, 1.165) is 23.0 Å². The molecular formula is C22H22F3N5O. The summed E-state index contributed by atoms with van der Waals surface area (Å²) in [4.78, 5) is 12.2. The smallest absolute Gasteiger partial charge is 0.393 e. The Labute approximate surface area is 177 Å². The van der Waals surface area contributed by atoms with Crippen molar-refractivity contribution in [1.82, 2.24) is 15.0 Å². The molecule has 0 bridgehead atoms. The predicted octanol–water partition coefficient (Wildman–Crippen LogP) is 4.49. The Morgan fingerprint density at radius 3 is 2.48 bits per heavy atom. The summed E-state index contributed by atoms with van der Waals surface area (Å²) in [7, 11) is 0. The Bertz CT molecular complexity index is 1010. The summed E-state index contributed by atoms with van der Waals surface area (Å²) in [5, 5.41) is 15.5. The number of pyridine rings is 1. The number of hydrogen-bond donors (Lipinski definition) is 3. The molecule has 2 heterocycles. The first-order valence-electron chi connectivity index (χ1n) is 10.0. The van der Waals surface area contributed by atoms with Gasteiger partial charge in [0.15, 0.2) is 0 Å². The average molecular weight is 429 g/mol. The van der Waals surface area contributed by atoms with Gasteiger partial charge >= 0.3 is 6.18 Å². The van der Waals surface area contributed by atoms with E-state index in [1.165, 1.54) is 0 Å². The molecule has 2 atom stereocenters. The SMILES string of the molecule is O[C@@H]1CC[C@@H](Nc2nc(NCc3ccc(-c4ccccn4)cc3)ncc2C(F)(F)F)C1. The third-order valence-corrected chi connectivity index (χ3v) is 5.21. The second kappa shape index (κ2) is 8.89. The van der Waals surface area contributed by atoms with Gasteiger partial charge in [-0.1, -0.05) is 30.3 Å². The molecule has 31 heavy (non-hydrogen) atoms. The largest absolute Gasteiger partial charge is 0.421 e. The first-order chi connectivity index (χ1) is 14.9. The van der Waals surface area contributed by atoms with Gasteiger partial charge in [0.2, 0.25) is 5.95 Å². The number of nitrogens with one attached hydrogen (secondary N) is 2. The molecule has 1 aliphatic carbocycles. The van der Waals surface area contributed by atoms with Crippen LogP contribution < -0.4 is 10.6 Å². The zero-order valence-electron chi connectivity index (χ0n) is 16.6. The van der Waals surface area contributed by atoms with Gasteiger partial charge in [0.25, 0.3) is 0 Å². The number of rotatable bonds is 6. The van der Waals surface area contributed by atoms with E-state index in [2.05, 4.69) is 25.6 Å². The summed E-state index contributed by atoms with van der Waals surface area (Å²) < 4.78 is 40.1. The van der Waals surface area contributed by atoms with Gasteiger partial charge in [-0.2, -0.15) is 18.2 Å². The van der Waals surface area contributed by atoms with Crippen molar-refractivity contribution >= 4 is 11.8 Å². The fourth-order valence-electron chi connectivity index (χ4n) is 3.57. The summed E-state index contributed by atoms with van der Waals surface area (Å²) in [6, 6.07) is 13.1. The first kappa shape index (κ1) is 21.0. The van der Waals surface area contributed by atoms with Crippen molar-refractivity contribution in [3.63, 3.8) is 0 Å². The summed E-state index contributed by atoms with van der Waals surface area (Å²) in [5.41, 5.74) is 1.84. The molecule has 1 aliphatic rings. The Balaban J connectivity index is 1.46. The van der Waals surface area contributed by atoms with E-state index >= 15 is 0 Å². The summed E-state index contributed by atoms with van der Waals surface area (Å²) >= 11 is 0. The van der Waals surface area contributed by atoms with Crippen LogP contribution in [0.1, 0.15) is 30.4 Å². The Morgan fingerprint density at radius 2 is 1.84 bits per heavy atom. The van der Waals surface area contributed by atoms with Gasteiger partial charge in [-0.05, 0) is 37.0 Å². The highest BCUT2D eigenvalue weighted by Gasteiger charge is 2.36. The highest BCUT2D eigenvalue weighted by Crippen LogP contribution is 2.35. The standard InChI is InChI=1S/C22H22F3N5O/c23-22(24,25)18-13-28-21(30-20(18)29-16-8-9-17(31)11-16)27-12-14-4-6-15(7-5-14)19-3-1-2-10-26-19/h1-7,10,13,16-17,31H,8-9,11-12H2,(H2,27,28,29,30)/t16-,17-/m1/s1. The molecule has 0 spiro atoms. The number of benzene rings is 1. The Hall–Kier alpha value is -3.20. The van der Waals surface area contributed by atoms with E-state index in [1.54, 1.807) is 6.20 Å². The van der Waals surface area contributed by atoms with Crippen molar-refractivity contribution in [2.45, 2.75) is 44.1 Å². The quantitative estimate of drug-likeness (QED) is 0.535. The number of halogens is 3. The maximum absolute atomic E-state index is 13.4. The molecule has 0 radical (unpaired) electrons. The molecule has 1 fully saturated rings. The van der Waals surface area contributed by atoms with E-state index in [-0.39, 0.29) is 17.8 Å². The van der Waals surface area contributed by atoms with E-state index in [9.17, 15) is 18.3 Å². The van der Waals surface area contributed by atoms with Crippen LogP contribution in [-0.2, 0) is 12.7 Å². The summed E-state index contributed by atoms with van der Waals surface area (Å²) in [6.07, 6.45) is -1.01. The lowest BCUT2D eigenvalue weighted by molar-refractivity contribution is -0.137. The van der Waals surface area contributed by atoms with Crippen LogP contribution in [0.3, 0.4) is 0 Å². The number of hydrogen-bond acceptors (Lipinski definition) is 6. The molecule has 0 aliphatic heterocycles. The molecule has 0 amide bonds. The fraction of sp³-hybridized carbons (Fsp3) is 0.318. The molecule has 1 aromatic carbocycles. The zero-order chi connectivity index (χ0) is 21.8. The number of nitrogens with zero attached hydrogens (tertiary/aromatic N) is 3. The van der Waals surface area contributed by atoms with Crippen molar-refractivity contribution in [3.05, 3.63) is 66.0 Å². The fourth-order valence-corrected chi connectivity index (χ4v) is 3.57. The summed E-state index contributed by atoms with van der Waals surface area (Å²) in [5.74, 6) is -0.169. The van der Waals surface area contributed by atoms with Gasteiger partial charge in [-0.3, -0.25) is 4.98 Å². The Morgan fingerprint density at radius 1 is 1.03 bits per heavy atom. The lowest BCUT2D eigenvalue weighted by atomic mass is 10.1. The monoisotopic (exact) mass is 429 g/mol. The minimum atomic E-state index is -4.57. The van der Waals surface area contributed by atoms with Crippen LogP contribution in [0.5, 0.6) is 0 Å². The van der Waals surface area contributed by atoms with E-state index < -0.39 is 17.8 Å². The van der Waals surface area contributed by atoms with Gasteiger partial charge in [0, 0.05) is 30.5 Å². The van der Waals surface area contributed by atoms with Crippen LogP contribution in [0.2, 0.25) is 0 Å². The molecule has 3 aromatic rings. The second-order valence-corrected chi connectivity index (χ2v) is 7.53. The maximum Gasteiger partial charge on any atom is 0.421 e. The van der Waals surface area contributed by atoms with Gasteiger partial charge in [0.05, 0.1) is 11.8 Å². The van der Waals surface area contributed by atoms with Crippen molar-refractivity contribution in [2.24, 2.45) is 0 Å². The van der Waals surface area contributed by atoms with Crippen molar-refractivity contribution < 1.29 is 18.3 Å². The molecular weight excluding hydrogens is 407 g/mol. The van der Waals surface area contributed by atoms with Gasteiger partial charge in [-0.15, -0.1) is 0 Å².